The standard InChI is InChI=1S/C12H14N4O4S/c1-6-10(12(19)20)21-8(14-6)5-13-11(18)7-3-4-9(17)16(2)15-7/h3-5H2,1-2H3,(H,13,18)(H,19,20). The molecule has 9 heteroatoms. The molecule has 0 saturated carbocycles. The first-order chi connectivity index (χ1) is 9.88. The largest absolute Gasteiger partial charge is 0.477 e. The van der Waals surface area contributed by atoms with Crippen molar-refractivity contribution in [1.82, 2.24) is 15.3 Å². The summed E-state index contributed by atoms with van der Waals surface area (Å²) >= 11 is 1.03. The topological polar surface area (TPSA) is 112 Å². The lowest BCUT2D eigenvalue weighted by molar-refractivity contribution is -0.130. The van der Waals surface area contributed by atoms with Crippen molar-refractivity contribution in [3.8, 4) is 0 Å². The van der Waals surface area contributed by atoms with Gasteiger partial charge in [-0.25, -0.2) is 14.8 Å². The number of rotatable bonds is 4. The van der Waals surface area contributed by atoms with Gasteiger partial charge in [-0.15, -0.1) is 11.3 Å². The van der Waals surface area contributed by atoms with E-state index >= 15 is 0 Å². The van der Waals surface area contributed by atoms with Gasteiger partial charge in [0.2, 0.25) is 5.91 Å². The summed E-state index contributed by atoms with van der Waals surface area (Å²) in [6, 6.07) is 0. The molecule has 2 amide bonds. The molecule has 2 heterocycles. The second kappa shape index (κ2) is 6.00. The van der Waals surface area contributed by atoms with Crippen molar-refractivity contribution in [2.24, 2.45) is 5.10 Å². The fraction of sp³-hybridized carbons (Fsp3) is 0.417. The number of hydrazone groups is 1. The number of carboxylic acid groups (broad SMARTS) is 1. The Hall–Kier alpha value is -2.29. The van der Waals surface area contributed by atoms with Crippen LogP contribution in [-0.4, -0.2) is 45.6 Å². The van der Waals surface area contributed by atoms with Gasteiger partial charge in [-0.05, 0) is 6.92 Å². The van der Waals surface area contributed by atoms with Gasteiger partial charge in [0.25, 0.3) is 5.91 Å². The fourth-order valence-electron chi connectivity index (χ4n) is 1.82. The lowest BCUT2D eigenvalue weighted by atomic mass is 10.1. The highest BCUT2D eigenvalue weighted by Crippen LogP contribution is 2.17. The number of nitrogens with zero attached hydrogens (tertiary/aromatic N) is 3. The number of amides is 2. The first-order valence-corrected chi connectivity index (χ1v) is 7.02. The SMILES string of the molecule is Cc1nc(CNC(=O)C2=NN(C)C(=O)CC2)sc1C(=O)O. The molecule has 0 atom stereocenters. The number of thiazole rings is 1. The van der Waals surface area contributed by atoms with E-state index in [0.717, 1.165) is 16.3 Å². The van der Waals surface area contributed by atoms with Crippen LogP contribution in [0.1, 0.15) is 33.2 Å². The smallest absolute Gasteiger partial charge is 0.347 e. The summed E-state index contributed by atoms with van der Waals surface area (Å²) < 4.78 is 0. The summed E-state index contributed by atoms with van der Waals surface area (Å²) in [7, 11) is 1.50. The van der Waals surface area contributed by atoms with Gasteiger partial charge in [-0.2, -0.15) is 5.10 Å². The van der Waals surface area contributed by atoms with Crippen LogP contribution in [0.15, 0.2) is 5.10 Å². The Morgan fingerprint density at radius 2 is 2.14 bits per heavy atom. The second-order valence-corrected chi connectivity index (χ2v) is 5.56. The molecule has 0 saturated heterocycles. The van der Waals surface area contributed by atoms with Gasteiger partial charge in [-0.1, -0.05) is 0 Å². The van der Waals surface area contributed by atoms with E-state index in [1.807, 2.05) is 0 Å². The number of carboxylic acids is 1. The molecule has 112 valence electrons. The van der Waals surface area contributed by atoms with Gasteiger partial charge in [0, 0.05) is 19.9 Å². The Bertz CT molecular complexity index is 637. The quantitative estimate of drug-likeness (QED) is 0.834. The first kappa shape index (κ1) is 15.1. The zero-order valence-corrected chi connectivity index (χ0v) is 12.4. The molecule has 0 aromatic carbocycles. The van der Waals surface area contributed by atoms with Crippen molar-refractivity contribution in [1.29, 1.82) is 0 Å². The average Bonchev–Trinajstić information content (AvgIpc) is 2.80. The van der Waals surface area contributed by atoms with Gasteiger partial charge in [0.15, 0.2) is 0 Å². The lowest BCUT2D eigenvalue weighted by Gasteiger charge is -2.18. The van der Waals surface area contributed by atoms with Crippen molar-refractivity contribution in [3.63, 3.8) is 0 Å². The van der Waals surface area contributed by atoms with Crippen LogP contribution in [0.2, 0.25) is 0 Å². The third-order valence-electron chi connectivity index (χ3n) is 2.90. The zero-order valence-electron chi connectivity index (χ0n) is 11.5. The number of carbonyl (C=O) groups excluding carboxylic acids is 2. The molecule has 1 aromatic heterocycles. The number of nitrogens with one attached hydrogen (secondary N) is 1. The van der Waals surface area contributed by atoms with Gasteiger partial charge in [-0.3, -0.25) is 9.59 Å². The molecule has 2 rings (SSSR count). The summed E-state index contributed by atoms with van der Waals surface area (Å²) in [4.78, 5) is 38.4. The Morgan fingerprint density at radius 3 is 2.71 bits per heavy atom. The Morgan fingerprint density at radius 1 is 1.43 bits per heavy atom. The molecule has 8 nitrogen and oxygen atoms in total. The molecular weight excluding hydrogens is 296 g/mol. The van der Waals surface area contributed by atoms with Crippen LogP contribution in [0.25, 0.3) is 0 Å². The predicted octanol–water partition coefficient (Wildman–Crippen LogP) is 0.374. The second-order valence-electron chi connectivity index (χ2n) is 4.47. The fourth-order valence-corrected chi connectivity index (χ4v) is 2.66. The monoisotopic (exact) mass is 310 g/mol. The minimum Gasteiger partial charge on any atom is -0.477 e. The molecule has 0 unspecified atom stereocenters. The highest BCUT2D eigenvalue weighted by molar-refractivity contribution is 7.13. The van der Waals surface area contributed by atoms with Crippen LogP contribution in [0.3, 0.4) is 0 Å². The molecule has 0 radical (unpaired) electrons. The lowest BCUT2D eigenvalue weighted by Crippen LogP contribution is -2.37. The zero-order chi connectivity index (χ0) is 15.6. The summed E-state index contributed by atoms with van der Waals surface area (Å²) in [6.07, 6.45) is 0.550. The van der Waals surface area contributed by atoms with Gasteiger partial charge in [0.05, 0.1) is 12.2 Å². The summed E-state index contributed by atoms with van der Waals surface area (Å²) in [5.74, 6) is -1.54. The van der Waals surface area contributed by atoms with E-state index in [2.05, 4.69) is 15.4 Å². The number of carbonyl (C=O) groups is 3. The van der Waals surface area contributed by atoms with Gasteiger partial charge >= 0.3 is 5.97 Å². The van der Waals surface area contributed by atoms with E-state index < -0.39 is 5.97 Å². The minimum absolute atomic E-state index is 0.131. The predicted molar refractivity (Wildman–Crippen MR) is 75.1 cm³/mol. The highest BCUT2D eigenvalue weighted by atomic mass is 32.1. The number of aryl methyl sites for hydroxylation is 1. The maximum absolute atomic E-state index is 11.9. The maximum atomic E-state index is 11.9. The van der Waals surface area contributed by atoms with Crippen LogP contribution in [0, 0.1) is 6.92 Å². The summed E-state index contributed by atoms with van der Waals surface area (Å²) in [6.45, 7) is 1.74. The van der Waals surface area contributed by atoms with Crippen molar-refractivity contribution < 1.29 is 19.5 Å². The van der Waals surface area contributed by atoms with Gasteiger partial charge in [0.1, 0.15) is 15.6 Å². The van der Waals surface area contributed by atoms with Crippen molar-refractivity contribution in [3.05, 3.63) is 15.6 Å². The molecule has 1 aliphatic heterocycles. The van der Waals surface area contributed by atoms with Crippen molar-refractivity contribution >= 4 is 34.8 Å². The summed E-state index contributed by atoms with van der Waals surface area (Å²) in [5, 5.41) is 17.1. The van der Waals surface area contributed by atoms with E-state index in [9.17, 15) is 14.4 Å². The normalized spacial score (nSPS) is 14.9. The van der Waals surface area contributed by atoms with Crippen LogP contribution in [-0.2, 0) is 16.1 Å². The van der Waals surface area contributed by atoms with Gasteiger partial charge < -0.3 is 10.4 Å². The molecular formula is C12H14N4O4S. The highest BCUT2D eigenvalue weighted by Gasteiger charge is 2.22. The van der Waals surface area contributed by atoms with E-state index in [1.165, 1.54) is 7.05 Å². The van der Waals surface area contributed by atoms with E-state index in [1.54, 1.807) is 6.92 Å². The third-order valence-corrected chi connectivity index (χ3v) is 4.05. The Kier molecular flexibility index (Phi) is 4.32. The Balaban J connectivity index is 1.98. The van der Waals surface area contributed by atoms with Crippen LogP contribution < -0.4 is 5.32 Å². The molecule has 0 aliphatic carbocycles. The molecule has 2 N–H and O–H groups in total. The van der Waals surface area contributed by atoms with E-state index in [0.29, 0.717) is 17.1 Å². The number of hydrogen-bond donors (Lipinski definition) is 2. The molecule has 0 fully saturated rings. The van der Waals surface area contributed by atoms with E-state index in [4.69, 9.17) is 5.11 Å². The molecule has 21 heavy (non-hydrogen) atoms. The molecule has 1 aromatic rings. The Labute approximate surface area is 124 Å². The van der Waals surface area contributed by atoms with E-state index in [-0.39, 0.29) is 35.4 Å². The molecule has 0 bridgehead atoms. The van der Waals surface area contributed by atoms with Crippen LogP contribution >= 0.6 is 11.3 Å². The molecule has 1 aliphatic rings. The third kappa shape index (κ3) is 3.43. The van der Waals surface area contributed by atoms with Crippen LogP contribution in [0.5, 0.6) is 0 Å². The first-order valence-electron chi connectivity index (χ1n) is 6.20. The minimum atomic E-state index is -1.03. The number of aromatic nitrogens is 1. The summed E-state index contributed by atoms with van der Waals surface area (Å²) in [5.41, 5.74) is 0.709. The van der Waals surface area contributed by atoms with Crippen molar-refractivity contribution in [2.75, 3.05) is 7.05 Å². The van der Waals surface area contributed by atoms with Crippen molar-refractivity contribution in [2.45, 2.75) is 26.3 Å². The molecule has 0 spiro atoms. The average molecular weight is 310 g/mol. The maximum Gasteiger partial charge on any atom is 0.347 e. The van der Waals surface area contributed by atoms with Crippen LogP contribution in [0.4, 0.5) is 0 Å². The number of aromatic carboxylic acids is 1. The number of hydrogen-bond acceptors (Lipinski definition) is 6.